The molecule has 0 heterocycles. The molecule has 0 aliphatic heterocycles. The molecule has 2 aliphatic rings. The molecule has 2 aliphatic carbocycles. The normalized spacial score (nSPS) is 38.5. The van der Waals surface area contributed by atoms with Gasteiger partial charge in [0.2, 0.25) is 0 Å². The zero-order valence-corrected chi connectivity index (χ0v) is 8.74. The van der Waals surface area contributed by atoms with Crippen molar-refractivity contribution in [3.05, 3.63) is 0 Å². The summed E-state index contributed by atoms with van der Waals surface area (Å²) in [6.07, 6.45) is 3.71. The monoisotopic (exact) mass is 204 g/mol. The average Bonchev–Trinajstić information content (AvgIpc) is 2.25. The summed E-state index contributed by atoms with van der Waals surface area (Å²) in [5.74, 6) is 12.7. The molecule has 2 N–H and O–H groups in total. The molecule has 4 unspecified atom stereocenters. The van der Waals surface area contributed by atoms with Crippen LogP contribution in [0.4, 0.5) is 0 Å². The topological polar surface area (TPSA) is 40.5 Å². The Kier molecular flexibility index (Phi) is 3.31. The van der Waals surface area contributed by atoms with E-state index in [1.54, 1.807) is 0 Å². The second-order valence-electron chi connectivity index (χ2n) is 4.39. The fraction of sp³-hybridized carbons (Fsp3) is 0.692. The molecule has 0 aromatic rings. The molecule has 0 spiro atoms. The fourth-order valence-electron chi connectivity index (χ4n) is 2.13. The van der Waals surface area contributed by atoms with Gasteiger partial charge in [0.15, 0.2) is 0 Å². The molecule has 0 aromatic heterocycles. The van der Waals surface area contributed by atoms with Gasteiger partial charge in [0.1, 0.15) is 12.2 Å². The number of hydrogen-bond donors (Lipinski definition) is 2. The second kappa shape index (κ2) is 4.71. The molecule has 2 heteroatoms. The van der Waals surface area contributed by atoms with Crippen LogP contribution < -0.4 is 0 Å². The largest absolute Gasteiger partial charge is 0.380 e. The van der Waals surface area contributed by atoms with Gasteiger partial charge in [-0.25, -0.2) is 0 Å². The SMILES string of the molecule is OC1C#CC(CC2C#CC(O)CC2)CC1. The number of hydrogen-bond acceptors (Lipinski definition) is 2. The summed E-state index contributed by atoms with van der Waals surface area (Å²) < 4.78 is 0. The predicted molar refractivity (Wildman–Crippen MR) is 57.6 cm³/mol. The van der Waals surface area contributed by atoms with Crippen LogP contribution in [0.5, 0.6) is 0 Å². The molecule has 2 nitrogen and oxygen atoms in total. The summed E-state index contributed by atoms with van der Waals surface area (Å²) in [5.41, 5.74) is 0. The van der Waals surface area contributed by atoms with E-state index in [0.717, 1.165) is 32.1 Å². The lowest BCUT2D eigenvalue weighted by Gasteiger charge is -2.21. The van der Waals surface area contributed by atoms with Crippen LogP contribution in [-0.4, -0.2) is 22.4 Å². The Labute approximate surface area is 90.7 Å². The van der Waals surface area contributed by atoms with Crippen molar-refractivity contribution >= 4 is 0 Å². The smallest absolute Gasteiger partial charge is 0.114 e. The maximum Gasteiger partial charge on any atom is 0.114 e. The zero-order valence-electron chi connectivity index (χ0n) is 8.74. The lowest BCUT2D eigenvalue weighted by atomic mass is 9.84. The van der Waals surface area contributed by atoms with Crippen LogP contribution in [0.2, 0.25) is 0 Å². The van der Waals surface area contributed by atoms with Gasteiger partial charge in [-0.1, -0.05) is 23.7 Å². The molecule has 0 saturated carbocycles. The van der Waals surface area contributed by atoms with Crippen molar-refractivity contribution in [2.75, 3.05) is 0 Å². The highest BCUT2D eigenvalue weighted by molar-refractivity contribution is 5.16. The summed E-state index contributed by atoms with van der Waals surface area (Å²) in [6.45, 7) is 0. The molecule has 0 bridgehead atoms. The molecule has 2 rings (SSSR count). The Hall–Kier alpha value is -0.960. The molecule has 80 valence electrons. The van der Waals surface area contributed by atoms with Crippen molar-refractivity contribution in [3.8, 4) is 23.7 Å². The first kappa shape index (κ1) is 10.6. The van der Waals surface area contributed by atoms with Crippen LogP contribution in [0, 0.1) is 35.5 Å². The first-order valence-electron chi connectivity index (χ1n) is 5.62. The summed E-state index contributed by atoms with van der Waals surface area (Å²) in [4.78, 5) is 0. The van der Waals surface area contributed by atoms with E-state index in [9.17, 15) is 10.2 Å². The minimum Gasteiger partial charge on any atom is -0.380 e. The van der Waals surface area contributed by atoms with Crippen molar-refractivity contribution in [2.24, 2.45) is 11.8 Å². The second-order valence-corrected chi connectivity index (χ2v) is 4.39. The van der Waals surface area contributed by atoms with Crippen molar-refractivity contribution in [1.29, 1.82) is 0 Å². The first-order valence-corrected chi connectivity index (χ1v) is 5.62. The molecule has 4 atom stereocenters. The Balaban J connectivity index is 1.88. The van der Waals surface area contributed by atoms with Crippen molar-refractivity contribution in [2.45, 2.75) is 44.3 Å². The summed E-state index contributed by atoms with van der Waals surface area (Å²) in [5, 5.41) is 18.5. The maximum absolute atomic E-state index is 9.23. The number of aliphatic hydroxyl groups is 2. The number of aliphatic hydroxyl groups excluding tert-OH is 2. The van der Waals surface area contributed by atoms with Gasteiger partial charge >= 0.3 is 0 Å². The summed E-state index contributed by atoms with van der Waals surface area (Å²) >= 11 is 0. The summed E-state index contributed by atoms with van der Waals surface area (Å²) in [6, 6.07) is 0. The average molecular weight is 204 g/mol. The van der Waals surface area contributed by atoms with Crippen molar-refractivity contribution < 1.29 is 10.2 Å². The van der Waals surface area contributed by atoms with E-state index < -0.39 is 12.2 Å². The third-order valence-electron chi connectivity index (χ3n) is 3.05. The highest BCUT2D eigenvalue weighted by Crippen LogP contribution is 2.25. The highest BCUT2D eigenvalue weighted by atomic mass is 16.3. The third kappa shape index (κ3) is 2.99. The van der Waals surface area contributed by atoms with E-state index in [-0.39, 0.29) is 0 Å². The fourth-order valence-corrected chi connectivity index (χ4v) is 2.13. The zero-order chi connectivity index (χ0) is 10.7. The molecule has 0 radical (unpaired) electrons. The van der Waals surface area contributed by atoms with Gasteiger partial charge in [-0.2, -0.15) is 0 Å². The standard InChI is InChI=1S/C13H16O2/c14-12-5-1-10(2-6-12)9-11-3-7-13(15)8-4-11/h10-15H,1,3,5,7,9H2. The molecule has 0 amide bonds. The minimum atomic E-state index is -0.416. The Bertz CT molecular complexity index is 305. The highest BCUT2D eigenvalue weighted by Gasteiger charge is 2.19. The molecule has 15 heavy (non-hydrogen) atoms. The van der Waals surface area contributed by atoms with Gasteiger partial charge in [-0.3, -0.25) is 0 Å². The molecule has 0 fully saturated rings. The lowest BCUT2D eigenvalue weighted by Crippen LogP contribution is -2.18. The maximum atomic E-state index is 9.23. The Morgan fingerprint density at radius 2 is 1.20 bits per heavy atom. The van der Waals surface area contributed by atoms with Crippen LogP contribution in [0.1, 0.15) is 32.1 Å². The van der Waals surface area contributed by atoms with E-state index in [1.807, 2.05) is 0 Å². The van der Waals surface area contributed by atoms with Crippen LogP contribution in [0.15, 0.2) is 0 Å². The summed E-state index contributed by atoms with van der Waals surface area (Å²) in [7, 11) is 0. The van der Waals surface area contributed by atoms with Crippen molar-refractivity contribution in [1.82, 2.24) is 0 Å². The quantitative estimate of drug-likeness (QED) is 0.657. The van der Waals surface area contributed by atoms with Gasteiger partial charge in [0, 0.05) is 11.8 Å². The van der Waals surface area contributed by atoms with Crippen molar-refractivity contribution in [3.63, 3.8) is 0 Å². The van der Waals surface area contributed by atoms with E-state index in [1.165, 1.54) is 0 Å². The molecular weight excluding hydrogens is 188 g/mol. The van der Waals surface area contributed by atoms with Gasteiger partial charge in [0.25, 0.3) is 0 Å². The van der Waals surface area contributed by atoms with E-state index in [4.69, 9.17) is 0 Å². The third-order valence-corrected chi connectivity index (χ3v) is 3.05. The van der Waals surface area contributed by atoms with E-state index >= 15 is 0 Å². The van der Waals surface area contributed by atoms with E-state index in [2.05, 4.69) is 23.7 Å². The predicted octanol–water partition coefficient (Wildman–Crippen LogP) is 0.925. The van der Waals surface area contributed by atoms with Gasteiger partial charge < -0.3 is 10.2 Å². The minimum absolute atomic E-state index is 0.392. The van der Waals surface area contributed by atoms with Gasteiger partial charge in [0.05, 0.1) is 0 Å². The first-order chi connectivity index (χ1) is 7.24. The van der Waals surface area contributed by atoms with Gasteiger partial charge in [-0.05, 0) is 32.1 Å². The lowest BCUT2D eigenvalue weighted by molar-refractivity contribution is 0.196. The molecular formula is C13H16O2. The van der Waals surface area contributed by atoms with Crippen LogP contribution in [-0.2, 0) is 0 Å². The molecule has 0 aromatic carbocycles. The Morgan fingerprint density at radius 1 is 0.733 bits per heavy atom. The number of rotatable bonds is 2. The van der Waals surface area contributed by atoms with E-state index in [0.29, 0.717) is 11.8 Å². The van der Waals surface area contributed by atoms with Gasteiger partial charge in [-0.15, -0.1) is 0 Å². The van der Waals surface area contributed by atoms with Crippen LogP contribution >= 0.6 is 0 Å². The Morgan fingerprint density at radius 3 is 1.53 bits per heavy atom. The molecule has 0 saturated heterocycles. The van der Waals surface area contributed by atoms with Crippen LogP contribution in [0.25, 0.3) is 0 Å². The van der Waals surface area contributed by atoms with Crippen LogP contribution in [0.3, 0.4) is 0 Å².